The standard InChI is InChI=1S/C29H31N5O2/c1-18-13-31-28-25(18)12-23(15-32-28)22-10-19-6-8-34(29(35)27(19)24(11-22)16-33(2)3)26-5-4-20(14-30-26)21-7-9-36-17-21/h4-5,10-15,21H,6-9,16-17H2,1-3H3,(H,31,32). The highest BCUT2D eigenvalue weighted by Gasteiger charge is 2.30. The summed E-state index contributed by atoms with van der Waals surface area (Å²) in [7, 11) is 4.07. The third-order valence-corrected chi connectivity index (χ3v) is 7.37. The molecule has 0 spiro atoms. The molecule has 0 aliphatic carbocycles. The molecule has 5 heterocycles. The Bertz CT molecular complexity index is 1430. The van der Waals surface area contributed by atoms with E-state index in [0.717, 1.165) is 64.9 Å². The number of carbonyl (C=O) groups is 1. The van der Waals surface area contributed by atoms with Crippen LogP contribution in [0.2, 0.25) is 0 Å². The average Bonchev–Trinajstić information content (AvgIpc) is 3.54. The molecule has 1 aromatic carbocycles. The lowest BCUT2D eigenvalue weighted by atomic mass is 9.89. The second kappa shape index (κ2) is 9.15. The first-order chi connectivity index (χ1) is 17.5. The molecule has 1 atom stereocenters. The van der Waals surface area contributed by atoms with Crippen molar-refractivity contribution in [3.8, 4) is 11.1 Å². The second-order valence-corrected chi connectivity index (χ2v) is 10.2. The Morgan fingerprint density at radius 1 is 1.14 bits per heavy atom. The Labute approximate surface area is 211 Å². The average molecular weight is 482 g/mol. The number of carbonyl (C=O) groups excluding carboxylic acids is 1. The number of aryl methyl sites for hydroxylation is 1. The van der Waals surface area contributed by atoms with Gasteiger partial charge in [0.05, 0.1) is 6.61 Å². The van der Waals surface area contributed by atoms with Gasteiger partial charge in [0.25, 0.3) is 5.91 Å². The maximum absolute atomic E-state index is 13.8. The monoisotopic (exact) mass is 481 g/mol. The first kappa shape index (κ1) is 22.9. The summed E-state index contributed by atoms with van der Waals surface area (Å²) in [5.74, 6) is 1.14. The van der Waals surface area contributed by atoms with Gasteiger partial charge in [0.2, 0.25) is 0 Å². The SMILES string of the molecule is Cc1c[nH]c2ncc(-c3cc4c(c(CN(C)C)c3)C(=O)N(c3ccc(C5CCOC5)cn3)CC4)cc12. The molecule has 7 nitrogen and oxygen atoms in total. The number of ether oxygens (including phenoxy) is 1. The molecule has 1 unspecified atom stereocenters. The Hall–Kier alpha value is -3.55. The van der Waals surface area contributed by atoms with Crippen molar-refractivity contribution < 1.29 is 9.53 Å². The van der Waals surface area contributed by atoms with E-state index in [1.165, 1.54) is 11.1 Å². The molecule has 0 bridgehead atoms. The zero-order valence-corrected chi connectivity index (χ0v) is 21.0. The van der Waals surface area contributed by atoms with Crippen LogP contribution in [0.1, 0.15) is 45.0 Å². The van der Waals surface area contributed by atoms with Crippen LogP contribution in [0.25, 0.3) is 22.2 Å². The lowest BCUT2D eigenvalue weighted by Gasteiger charge is -2.30. The van der Waals surface area contributed by atoms with Crippen LogP contribution in [-0.4, -0.2) is 59.6 Å². The number of amides is 1. The van der Waals surface area contributed by atoms with Gasteiger partial charge in [-0.2, -0.15) is 0 Å². The van der Waals surface area contributed by atoms with Crippen LogP contribution >= 0.6 is 0 Å². The van der Waals surface area contributed by atoms with E-state index in [-0.39, 0.29) is 5.91 Å². The molecule has 1 fully saturated rings. The molecule has 1 amide bonds. The van der Waals surface area contributed by atoms with E-state index in [1.807, 2.05) is 43.7 Å². The number of nitrogens with zero attached hydrogens (tertiary/aromatic N) is 4. The molecule has 36 heavy (non-hydrogen) atoms. The van der Waals surface area contributed by atoms with Crippen LogP contribution in [0, 0.1) is 6.92 Å². The van der Waals surface area contributed by atoms with E-state index in [2.05, 4.69) is 51.0 Å². The molecule has 2 aliphatic rings. The molecule has 2 aliphatic heterocycles. The van der Waals surface area contributed by atoms with Crippen molar-refractivity contribution in [2.24, 2.45) is 0 Å². The fourth-order valence-corrected chi connectivity index (χ4v) is 5.45. The highest BCUT2D eigenvalue weighted by atomic mass is 16.5. The lowest BCUT2D eigenvalue weighted by Crippen LogP contribution is -2.39. The number of nitrogens with one attached hydrogen (secondary N) is 1. The molecular weight excluding hydrogens is 450 g/mol. The van der Waals surface area contributed by atoms with Crippen LogP contribution in [0.3, 0.4) is 0 Å². The summed E-state index contributed by atoms with van der Waals surface area (Å²) in [5, 5.41) is 1.13. The van der Waals surface area contributed by atoms with Crippen molar-refractivity contribution >= 4 is 22.8 Å². The molecule has 184 valence electrons. The highest BCUT2D eigenvalue weighted by molar-refractivity contribution is 6.09. The first-order valence-electron chi connectivity index (χ1n) is 12.6. The van der Waals surface area contributed by atoms with E-state index in [0.29, 0.717) is 24.8 Å². The third-order valence-electron chi connectivity index (χ3n) is 7.37. The van der Waals surface area contributed by atoms with Gasteiger partial charge < -0.3 is 14.6 Å². The van der Waals surface area contributed by atoms with E-state index < -0.39 is 0 Å². The number of anilines is 1. The molecule has 6 rings (SSSR count). The van der Waals surface area contributed by atoms with Gasteiger partial charge in [-0.05, 0) is 79.9 Å². The van der Waals surface area contributed by atoms with Gasteiger partial charge in [-0.1, -0.05) is 12.1 Å². The number of hydrogen-bond donors (Lipinski definition) is 1. The number of pyridine rings is 2. The Kier molecular flexibility index (Phi) is 5.82. The smallest absolute Gasteiger partial charge is 0.260 e. The van der Waals surface area contributed by atoms with E-state index in [9.17, 15) is 4.79 Å². The third kappa shape index (κ3) is 4.08. The lowest BCUT2D eigenvalue weighted by molar-refractivity contribution is 0.0978. The van der Waals surface area contributed by atoms with E-state index in [1.54, 1.807) is 0 Å². The number of benzene rings is 1. The zero-order chi connectivity index (χ0) is 24.8. The summed E-state index contributed by atoms with van der Waals surface area (Å²) >= 11 is 0. The minimum atomic E-state index is 0.0270. The van der Waals surface area contributed by atoms with E-state index in [4.69, 9.17) is 4.74 Å². The second-order valence-electron chi connectivity index (χ2n) is 10.2. The Balaban J connectivity index is 1.36. The highest BCUT2D eigenvalue weighted by Crippen LogP contribution is 2.33. The first-order valence-corrected chi connectivity index (χ1v) is 12.6. The summed E-state index contributed by atoms with van der Waals surface area (Å²) in [5.41, 5.74) is 8.36. The van der Waals surface area contributed by atoms with Gasteiger partial charge in [-0.15, -0.1) is 0 Å². The minimum absolute atomic E-state index is 0.0270. The quantitative estimate of drug-likeness (QED) is 0.447. The largest absolute Gasteiger partial charge is 0.381 e. The normalized spacial score (nSPS) is 17.8. The van der Waals surface area contributed by atoms with Crippen molar-refractivity contribution in [2.75, 3.05) is 38.8 Å². The number of aromatic amines is 1. The van der Waals surface area contributed by atoms with Crippen molar-refractivity contribution in [3.05, 3.63) is 76.7 Å². The van der Waals surface area contributed by atoms with Gasteiger partial charge in [-0.25, -0.2) is 9.97 Å². The predicted octanol–water partition coefficient (Wildman–Crippen LogP) is 4.70. The zero-order valence-electron chi connectivity index (χ0n) is 21.0. The number of hydrogen-bond acceptors (Lipinski definition) is 5. The molecule has 0 radical (unpaired) electrons. The summed E-state index contributed by atoms with van der Waals surface area (Å²) in [6.45, 7) is 4.94. The summed E-state index contributed by atoms with van der Waals surface area (Å²) in [6.07, 6.45) is 7.62. The maximum atomic E-state index is 13.8. The number of fused-ring (bicyclic) bond motifs is 2. The molecule has 1 N–H and O–H groups in total. The fraction of sp³-hybridized carbons (Fsp3) is 0.345. The van der Waals surface area contributed by atoms with Crippen LogP contribution in [-0.2, 0) is 17.7 Å². The Morgan fingerprint density at radius 3 is 2.78 bits per heavy atom. The topological polar surface area (TPSA) is 74.4 Å². The molecule has 3 aromatic heterocycles. The fourth-order valence-electron chi connectivity index (χ4n) is 5.45. The molecule has 0 saturated carbocycles. The van der Waals surface area contributed by atoms with Gasteiger partial charge >= 0.3 is 0 Å². The number of aromatic nitrogens is 3. The Morgan fingerprint density at radius 2 is 2.03 bits per heavy atom. The van der Waals surface area contributed by atoms with Gasteiger partial charge in [-0.3, -0.25) is 9.69 Å². The van der Waals surface area contributed by atoms with Crippen molar-refractivity contribution in [3.63, 3.8) is 0 Å². The van der Waals surface area contributed by atoms with E-state index >= 15 is 0 Å². The summed E-state index contributed by atoms with van der Waals surface area (Å²) < 4.78 is 5.52. The molecular formula is C29H31N5O2. The van der Waals surface area contributed by atoms with Gasteiger partial charge in [0.1, 0.15) is 11.5 Å². The van der Waals surface area contributed by atoms with Gasteiger partial charge in [0, 0.05) is 60.7 Å². The van der Waals surface area contributed by atoms with Crippen LogP contribution < -0.4 is 4.90 Å². The predicted molar refractivity (Wildman–Crippen MR) is 141 cm³/mol. The summed E-state index contributed by atoms with van der Waals surface area (Å²) in [6, 6.07) is 10.6. The van der Waals surface area contributed by atoms with Crippen LogP contribution in [0.4, 0.5) is 5.82 Å². The molecule has 7 heteroatoms. The summed E-state index contributed by atoms with van der Waals surface area (Å²) in [4.78, 5) is 30.3. The van der Waals surface area contributed by atoms with Gasteiger partial charge in [0.15, 0.2) is 0 Å². The van der Waals surface area contributed by atoms with Crippen LogP contribution in [0.15, 0.2) is 48.9 Å². The van der Waals surface area contributed by atoms with Crippen molar-refractivity contribution in [1.82, 2.24) is 19.9 Å². The maximum Gasteiger partial charge on any atom is 0.260 e. The van der Waals surface area contributed by atoms with Crippen molar-refractivity contribution in [2.45, 2.75) is 32.2 Å². The number of H-pyrrole nitrogens is 1. The van der Waals surface area contributed by atoms with Crippen LogP contribution in [0.5, 0.6) is 0 Å². The minimum Gasteiger partial charge on any atom is -0.381 e. The molecule has 1 saturated heterocycles. The number of rotatable bonds is 5. The molecule has 4 aromatic rings. The van der Waals surface area contributed by atoms with Crippen molar-refractivity contribution in [1.29, 1.82) is 0 Å².